The van der Waals surface area contributed by atoms with Crippen molar-refractivity contribution >= 4 is 11.4 Å². The first-order chi connectivity index (χ1) is 9.27. The van der Waals surface area contributed by atoms with Crippen LogP contribution in [-0.4, -0.2) is 11.5 Å². The Morgan fingerprint density at radius 2 is 2.00 bits per heavy atom. The van der Waals surface area contributed by atoms with Gasteiger partial charge >= 0.3 is 0 Å². The second-order valence-electron chi connectivity index (χ2n) is 5.14. The average Bonchev–Trinajstić information content (AvgIpc) is 2.92. The molecule has 3 rings (SSSR count). The van der Waals surface area contributed by atoms with Gasteiger partial charge in [-0.25, -0.2) is 0 Å². The molecule has 1 unspecified atom stereocenters. The summed E-state index contributed by atoms with van der Waals surface area (Å²) in [7, 11) is 0. The Bertz CT molecular complexity index is 565. The zero-order valence-electron chi connectivity index (χ0n) is 11.2. The average molecular weight is 253 g/mol. The second kappa shape index (κ2) is 4.92. The minimum Gasteiger partial charge on any atom is -0.397 e. The predicted octanol–water partition coefficient (Wildman–Crippen LogP) is 3.31. The Kier molecular flexibility index (Phi) is 3.11. The van der Waals surface area contributed by atoms with Crippen molar-refractivity contribution in [3.8, 4) is 0 Å². The molecular weight excluding hydrogens is 234 g/mol. The van der Waals surface area contributed by atoms with Crippen LogP contribution in [0.2, 0.25) is 0 Å². The molecule has 2 aromatic rings. The topological polar surface area (TPSA) is 42.2 Å². The van der Waals surface area contributed by atoms with E-state index < -0.39 is 0 Å². The maximum atomic E-state index is 6.25. The van der Waals surface area contributed by atoms with Crippen molar-refractivity contribution in [2.24, 2.45) is 0 Å². The van der Waals surface area contributed by atoms with E-state index in [1.807, 2.05) is 12.4 Å². The monoisotopic (exact) mass is 253 g/mol. The molecule has 2 N–H and O–H groups in total. The van der Waals surface area contributed by atoms with Crippen molar-refractivity contribution in [3.05, 3.63) is 53.9 Å². The third-order valence-electron chi connectivity index (χ3n) is 3.95. The number of rotatable bonds is 2. The van der Waals surface area contributed by atoms with E-state index in [0.29, 0.717) is 6.04 Å². The Morgan fingerprint density at radius 3 is 2.79 bits per heavy atom. The molecule has 2 heterocycles. The Balaban J connectivity index is 1.98. The van der Waals surface area contributed by atoms with Crippen molar-refractivity contribution in [1.82, 2.24) is 4.98 Å². The van der Waals surface area contributed by atoms with Gasteiger partial charge in [-0.1, -0.05) is 12.1 Å². The lowest BCUT2D eigenvalue weighted by atomic mass is 10.0. The highest BCUT2D eigenvalue weighted by Crippen LogP contribution is 2.39. The van der Waals surface area contributed by atoms with Gasteiger partial charge in [-0.05, 0) is 49.1 Å². The molecule has 1 aliphatic rings. The summed E-state index contributed by atoms with van der Waals surface area (Å²) >= 11 is 0. The van der Waals surface area contributed by atoms with Crippen LogP contribution < -0.4 is 10.6 Å². The summed E-state index contributed by atoms with van der Waals surface area (Å²) in [5.41, 5.74) is 10.8. The van der Waals surface area contributed by atoms with Crippen molar-refractivity contribution in [2.45, 2.75) is 25.8 Å². The molecule has 1 aromatic heterocycles. The number of nitrogens with two attached hydrogens (primary N) is 1. The highest BCUT2D eigenvalue weighted by molar-refractivity contribution is 5.71. The van der Waals surface area contributed by atoms with Gasteiger partial charge in [0.2, 0.25) is 0 Å². The van der Waals surface area contributed by atoms with Crippen LogP contribution in [-0.2, 0) is 0 Å². The minimum absolute atomic E-state index is 0.423. The van der Waals surface area contributed by atoms with E-state index in [1.54, 1.807) is 0 Å². The van der Waals surface area contributed by atoms with Crippen molar-refractivity contribution < 1.29 is 0 Å². The summed E-state index contributed by atoms with van der Waals surface area (Å²) < 4.78 is 0. The predicted molar refractivity (Wildman–Crippen MR) is 79.1 cm³/mol. The first kappa shape index (κ1) is 12.0. The molecule has 0 aliphatic carbocycles. The summed E-state index contributed by atoms with van der Waals surface area (Å²) in [6, 6.07) is 10.9. The van der Waals surface area contributed by atoms with Gasteiger partial charge in [0, 0.05) is 18.9 Å². The highest BCUT2D eigenvalue weighted by atomic mass is 15.2. The summed E-state index contributed by atoms with van der Waals surface area (Å²) in [6.07, 6.45) is 6.12. The quantitative estimate of drug-likeness (QED) is 0.835. The van der Waals surface area contributed by atoms with Crippen LogP contribution in [0.1, 0.15) is 30.0 Å². The van der Waals surface area contributed by atoms with Crippen LogP contribution >= 0.6 is 0 Å². The Hall–Kier alpha value is -2.03. The van der Waals surface area contributed by atoms with Crippen LogP contribution in [0.3, 0.4) is 0 Å². The zero-order valence-corrected chi connectivity index (χ0v) is 11.2. The van der Waals surface area contributed by atoms with E-state index in [1.165, 1.54) is 24.1 Å². The fourth-order valence-corrected chi connectivity index (χ4v) is 2.90. The molecule has 0 amide bonds. The lowest BCUT2D eigenvalue weighted by Gasteiger charge is -2.28. The number of aromatic nitrogens is 1. The Morgan fingerprint density at radius 1 is 1.21 bits per heavy atom. The number of benzene rings is 1. The summed E-state index contributed by atoms with van der Waals surface area (Å²) in [5.74, 6) is 0. The van der Waals surface area contributed by atoms with E-state index in [0.717, 1.165) is 17.8 Å². The number of pyridine rings is 1. The van der Waals surface area contributed by atoms with Crippen LogP contribution in [0.5, 0.6) is 0 Å². The third-order valence-corrected chi connectivity index (χ3v) is 3.95. The number of aryl methyl sites for hydroxylation is 1. The molecule has 19 heavy (non-hydrogen) atoms. The number of nitrogens with zero attached hydrogens (tertiary/aromatic N) is 2. The van der Waals surface area contributed by atoms with Crippen LogP contribution in [0.4, 0.5) is 11.4 Å². The first-order valence-corrected chi connectivity index (χ1v) is 6.79. The second-order valence-corrected chi connectivity index (χ2v) is 5.14. The van der Waals surface area contributed by atoms with Gasteiger partial charge in [-0.2, -0.15) is 0 Å². The van der Waals surface area contributed by atoms with Crippen molar-refractivity contribution in [3.63, 3.8) is 0 Å². The van der Waals surface area contributed by atoms with E-state index in [4.69, 9.17) is 5.73 Å². The van der Waals surface area contributed by atoms with Gasteiger partial charge in [-0.15, -0.1) is 0 Å². The van der Waals surface area contributed by atoms with Gasteiger partial charge < -0.3 is 10.6 Å². The molecule has 98 valence electrons. The first-order valence-electron chi connectivity index (χ1n) is 6.79. The molecule has 1 aromatic carbocycles. The van der Waals surface area contributed by atoms with Gasteiger partial charge in [0.05, 0.1) is 17.4 Å². The molecule has 0 spiro atoms. The van der Waals surface area contributed by atoms with Gasteiger partial charge in [-0.3, -0.25) is 4.98 Å². The molecule has 1 atom stereocenters. The van der Waals surface area contributed by atoms with Crippen molar-refractivity contribution in [2.75, 3.05) is 17.2 Å². The normalized spacial score (nSPS) is 18.8. The third kappa shape index (κ3) is 2.16. The lowest BCUT2D eigenvalue weighted by Crippen LogP contribution is -2.23. The SMILES string of the molecule is Cc1cccc(N2CCCC2c2ccncc2)c1N. The standard InChI is InChI=1S/C16H19N3/c1-12-4-2-5-15(16(12)17)19-11-3-6-14(19)13-7-9-18-10-8-13/h2,4-5,7-10,14H,3,6,11,17H2,1H3. The molecule has 1 aliphatic heterocycles. The number of hydrogen-bond acceptors (Lipinski definition) is 3. The fourth-order valence-electron chi connectivity index (χ4n) is 2.90. The molecule has 0 radical (unpaired) electrons. The van der Waals surface area contributed by atoms with E-state index in [9.17, 15) is 0 Å². The number of para-hydroxylation sites is 1. The minimum atomic E-state index is 0.423. The summed E-state index contributed by atoms with van der Waals surface area (Å²) in [5, 5.41) is 0. The maximum absolute atomic E-state index is 6.25. The van der Waals surface area contributed by atoms with Crippen LogP contribution in [0.15, 0.2) is 42.7 Å². The fraction of sp³-hybridized carbons (Fsp3) is 0.312. The van der Waals surface area contributed by atoms with Crippen LogP contribution in [0.25, 0.3) is 0 Å². The van der Waals surface area contributed by atoms with E-state index in [2.05, 4.69) is 47.1 Å². The van der Waals surface area contributed by atoms with E-state index >= 15 is 0 Å². The largest absolute Gasteiger partial charge is 0.397 e. The lowest BCUT2D eigenvalue weighted by molar-refractivity contribution is 0.718. The Labute approximate surface area is 114 Å². The summed E-state index contributed by atoms with van der Waals surface area (Å²) in [6.45, 7) is 3.14. The van der Waals surface area contributed by atoms with Gasteiger partial charge in [0.15, 0.2) is 0 Å². The zero-order chi connectivity index (χ0) is 13.2. The molecule has 0 bridgehead atoms. The number of nitrogen functional groups attached to an aromatic ring is 1. The number of anilines is 2. The summed E-state index contributed by atoms with van der Waals surface area (Å²) in [4.78, 5) is 6.53. The smallest absolute Gasteiger partial charge is 0.0607 e. The molecular formula is C16H19N3. The molecule has 1 fully saturated rings. The molecule has 3 nitrogen and oxygen atoms in total. The molecule has 3 heteroatoms. The molecule has 0 saturated carbocycles. The highest BCUT2D eigenvalue weighted by Gasteiger charge is 2.27. The molecule has 1 saturated heterocycles. The number of hydrogen-bond donors (Lipinski definition) is 1. The van der Waals surface area contributed by atoms with E-state index in [-0.39, 0.29) is 0 Å². The maximum Gasteiger partial charge on any atom is 0.0607 e. The van der Waals surface area contributed by atoms with Gasteiger partial charge in [0.1, 0.15) is 0 Å². The van der Waals surface area contributed by atoms with Crippen LogP contribution in [0, 0.1) is 6.92 Å². The van der Waals surface area contributed by atoms with Crippen molar-refractivity contribution in [1.29, 1.82) is 0 Å². The van der Waals surface area contributed by atoms with Gasteiger partial charge in [0.25, 0.3) is 0 Å².